The maximum atomic E-state index is 11.9. The first-order valence-electron chi connectivity index (χ1n) is 7.45. The van der Waals surface area contributed by atoms with E-state index in [1.807, 2.05) is 11.0 Å². The van der Waals surface area contributed by atoms with Gasteiger partial charge < -0.3 is 14.4 Å². The Kier molecular flexibility index (Phi) is 4.24. The summed E-state index contributed by atoms with van der Waals surface area (Å²) in [5, 5.41) is -0.421. The maximum Gasteiger partial charge on any atom is 0.240 e. The number of piperidine rings is 1. The fraction of sp³-hybridized carbons (Fsp3) is 0.562. The van der Waals surface area contributed by atoms with Crippen LogP contribution in [0, 0.1) is 5.92 Å². The molecule has 1 aromatic rings. The van der Waals surface area contributed by atoms with Gasteiger partial charge in [-0.1, -0.05) is 6.07 Å². The third-order valence-electron chi connectivity index (χ3n) is 4.23. The molecule has 0 spiro atoms. The molecule has 1 atom stereocenters. The number of hydrogen-bond acceptors (Lipinski definition) is 3. The molecular formula is C16H20ClNO3. The van der Waals surface area contributed by atoms with Crippen LogP contribution in [0.4, 0.5) is 0 Å². The van der Waals surface area contributed by atoms with Crippen molar-refractivity contribution in [1.29, 1.82) is 0 Å². The van der Waals surface area contributed by atoms with Crippen LogP contribution in [0.25, 0.3) is 0 Å². The molecule has 1 saturated heterocycles. The smallest absolute Gasteiger partial charge is 0.240 e. The third-order valence-corrected chi connectivity index (χ3v) is 4.41. The molecule has 2 aliphatic rings. The Morgan fingerprint density at radius 1 is 1.33 bits per heavy atom. The van der Waals surface area contributed by atoms with Gasteiger partial charge in [-0.05, 0) is 49.8 Å². The fourth-order valence-corrected chi connectivity index (χ4v) is 3.15. The van der Waals surface area contributed by atoms with Gasteiger partial charge in [0.25, 0.3) is 0 Å². The first-order chi connectivity index (χ1) is 10.1. The van der Waals surface area contributed by atoms with E-state index in [1.165, 1.54) is 5.56 Å². The van der Waals surface area contributed by atoms with Gasteiger partial charge in [0.05, 0.1) is 0 Å². The number of likely N-dealkylation sites (tertiary alicyclic amines) is 1. The van der Waals surface area contributed by atoms with Gasteiger partial charge >= 0.3 is 0 Å². The predicted molar refractivity (Wildman–Crippen MR) is 80.9 cm³/mol. The number of benzene rings is 1. The fourth-order valence-electron chi connectivity index (χ4n) is 3.01. The zero-order chi connectivity index (χ0) is 14.8. The molecule has 0 radical (unpaired) electrons. The Bertz CT molecular complexity index is 524. The van der Waals surface area contributed by atoms with Crippen LogP contribution >= 0.6 is 11.6 Å². The van der Waals surface area contributed by atoms with E-state index >= 15 is 0 Å². The Balaban J connectivity index is 1.55. The molecule has 0 bridgehead atoms. The van der Waals surface area contributed by atoms with Crippen molar-refractivity contribution in [2.75, 3.05) is 19.9 Å². The first kappa shape index (κ1) is 14.5. The summed E-state index contributed by atoms with van der Waals surface area (Å²) in [4.78, 5) is 13.7. The van der Waals surface area contributed by atoms with Crippen LogP contribution in [0.1, 0.15) is 25.3 Å². The monoisotopic (exact) mass is 309 g/mol. The number of amides is 1. The lowest BCUT2D eigenvalue weighted by Crippen LogP contribution is -2.41. The second kappa shape index (κ2) is 6.14. The van der Waals surface area contributed by atoms with Gasteiger partial charge in [0.15, 0.2) is 11.5 Å². The summed E-state index contributed by atoms with van der Waals surface area (Å²) in [7, 11) is 0. The number of carbonyl (C=O) groups excluding carboxylic acids is 1. The number of alkyl halides is 1. The van der Waals surface area contributed by atoms with Crippen LogP contribution in [-0.4, -0.2) is 36.1 Å². The molecule has 2 aliphatic heterocycles. The average molecular weight is 310 g/mol. The molecule has 1 fully saturated rings. The van der Waals surface area contributed by atoms with Crippen molar-refractivity contribution < 1.29 is 14.3 Å². The third kappa shape index (κ3) is 3.26. The van der Waals surface area contributed by atoms with Crippen molar-refractivity contribution in [3.63, 3.8) is 0 Å². The van der Waals surface area contributed by atoms with Crippen molar-refractivity contribution in [2.45, 2.75) is 31.6 Å². The molecule has 4 nitrogen and oxygen atoms in total. The summed E-state index contributed by atoms with van der Waals surface area (Å²) >= 11 is 5.86. The number of fused-ring (bicyclic) bond motifs is 1. The minimum absolute atomic E-state index is 0.0539. The zero-order valence-corrected chi connectivity index (χ0v) is 12.9. The summed E-state index contributed by atoms with van der Waals surface area (Å²) in [6, 6.07) is 6.15. The number of nitrogens with zero attached hydrogens (tertiary/aromatic N) is 1. The van der Waals surface area contributed by atoms with Gasteiger partial charge in [-0.3, -0.25) is 4.79 Å². The van der Waals surface area contributed by atoms with Gasteiger partial charge in [-0.15, -0.1) is 11.6 Å². The lowest BCUT2D eigenvalue weighted by Gasteiger charge is -2.32. The molecule has 3 rings (SSSR count). The van der Waals surface area contributed by atoms with Crippen molar-refractivity contribution in [3.8, 4) is 11.5 Å². The lowest BCUT2D eigenvalue weighted by molar-refractivity contribution is -0.131. The summed E-state index contributed by atoms with van der Waals surface area (Å²) in [6.07, 6.45) is 3.09. The molecule has 1 amide bonds. The van der Waals surface area contributed by atoms with E-state index in [2.05, 4.69) is 12.1 Å². The van der Waals surface area contributed by atoms with Crippen LogP contribution < -0.4 is 9.47 Å². The molecule has 5 heteroatoms. The summed E-state index contributed by atoms with van der Waals surface area (Å²) < 4.78 is 10.7. The Labute approximate surface area is 130 Å². The minimum atomic E-state index is -0.421. The molecule has 0 aromatic heterocycles. The molecule has 114 valence electrons. The quantitative estimate of drug-likeness (QED) is 0.806. The highest BCUT2D eigenvalue weighted by Gasteiger charge is 2.25. The first-order valence-corrected chi connectivity index (χ1v) is 7.88. The molecule has 0 unspecified atom stereocenters. The van der Waals surface area contributed by atoms with Crippen molar-refractivity contribution >= 4 is 17.5 Å². The molecule has 0 saturated carbocycles. The number of rotatable bonds is 3. The largest absolute Gasteiger partial charge is 0.454 e. The number of hydrogen-bond donors (Lipinski definition) is 0. The summed E-state index contributed by atoms with van der Waals surface area (Å²) in [6.45, 7) is 3.68. The van der Waals surface area contributed by atoms with Gasteiger partial charge in [0.2, 0.25) is 12.7 Å². The topological polar surface area (TPSA) is 38.8 Å². The van der Waals surface area contributed by atoms with Crippen LogP contribution in [0.15, 0.2) is 18.2 Å². The van der Waals surface area contributed by atoms with Crippen molar-refractivity contribution in [3.05, 3.63) is 23.8 Å². The normalized spacial score (nSPS) is 19.6. The molecular weight excluding hydrogens is 290 g/mol. The second-order valence-corrected chi connectivity index (χ2v) is 6.43. The van der Waals surface area contributed by atoms with E-state index in [0.717, 1.165) is 43.9 Å². The van der Waals surface area contributed by atoms with E-state index in [4.69, 9.17) is 21.1 Å². The lowest BCUT2D eigenvalue weighted by atomic mass is 9.90. The highest BCUT2D eigenvalue weighted by molar-refractivity contribution is 6.30. The van der Waals surface area contributed by atoms with Gasteiger partial charge in [0, 0.05) is 13.1 Å². The average Bonchev–Trinajstić information content (AvgIpc) is 2.95. The zero-order valence-electron chi connectivity index (χ0n) is 12.2. The van der Waals surface area contributed by atoms with E-state index < -0.39 is 5.38 Å². The Hall–Kier alpha value is -1.42. The van der Waals surface area contributed by atoms with Crippen LogP contribution in [0.3, 0.4) is 0 Å². The van der Waals surface area contributed by atoms with E-state index in [1.54, 1.807) is 6.92 Å². The van der Waals surface area contributed by atoms with Crippen LogP contribution in [0.5, 0.6) is 11.5 Å². The molecule has 1 aromatic carbocycles. The summed E-state index contributed by atoms with van der Waals surface area (Å²) in [5.74, 6) is 2.34. The highest BCUT2D eigenvalue weighted by Crippen LogP contribution is 2.34. The van der Waals surface area contributed by atoms with E-state index in [0.29, 0.717) is 12.7 Å². The molecule has 21 heavy (non-hydrogen) atoms. The van der Waals surface area contributed by atoms with Gasteiger partial charge in [0.1, 0.15) is 5.38 Å². The SMILES string of the molecule is C[C@@H](Cl)C(=O)N1CCC(Cc2ccc3c(c2)OCO3)CC1. The van der Waals surface area contributed by atoms with E-state index in [-0.39, 0.29) is 5.91 Å². The molecule has 2 heterocycles. The summed E-state index contributed by atoms with van der Waals surface area (Å²) in [5.41, 5.74) is 1.27. The number of ether oxygens (including phenoxy) is 2. The van der Waals surface area contributed by atoms with Gasteiger partial charge in [-0.2, -0.15) is 0 Å². The Morgan fingerprint density at radius 2 is 2.05 bits per heavy atom. The highest BCUT2D eigenvalue weighted by atomic mass is 35.5. The Morgan fingerprint density at radius 3 is 2.76 bits per heavy atom. The van der Waals surface area contributed by atoms with Crippen LogP contribution in [-0.2, 0) is 11.2 Å². The molecule has 0 aliphatic carbocycles. The van der Waals surface area contributed by atoms with Crippen molar-refractivity contribution in [1.82, 2.24) is 4.90 Å². The van der Waals surface area contributed by atoms with E-state index in [9.17, 15) is 4.79 Å². The van der Waals surface area contributed by atoms with Gasteiger partial charge in [-0.25, -0.2) is 0 Å². The number of carbonyl (C=O) groups is 1. The van der Waals surface area contributed by atoms with Crippen LogP contribution in [0.2, 0.25) is 0 Å². The maximum absolute atomic E-state index is 11.9. The minimum Gasteiger partial charge on any atom is -0.454 e. The molecule has 0 N–H and O–H groups in total. The van der Waals surface area contributed by atoms with Crippen molar-refractivity contribution in [2.24, 2.45) is 5.92 Å². The standard InChI is InChI=1S/C16H20ClNO3/c1-11(17)16(19)18-6-4-12(5-7-18)8-13-2-3-14-15(9-13)21-10-20-14/h2-3,9,11-12H,4-8,10H2,1H3/t11-/m1/s1. The second-order valence-electron chi connectivity index (χ2n) is 5.78. The predicted octanol–water partition coefficient (Wildman–Crippen LogP) is 2.82. The number of halogens is 1.